The second kappa shape index (κ2) is 5.73. The fourth-order valence-corrected chi connectivity index (χ4v) is 3.64. The number of hydrogen-bond donors (Lipinski definition) is 1. The SMILES string of the molecule is CCNC(c1sccc1C)c1cccc2ccncc12. The van der Waals surface area contributed by atoms with Gasteiger partial charge in [-0.25, -0.2) is 0 Å². The molecule has 1 unspecified atom stereocenters. The monoisotopic (exact) mass is 282 g/mol. The van der Waals surface area contributed by atoms with Crippen LogP contribution in [0, 0.1) is 6.92 Å². The normalized spacial score (nSPS) is 12.7. The molecule has 2 aromatic heterocycles. The molecule has 0 aliphatic heterocycles. The molecule has 0 saturated heterocycles. The summed E-state index contributed by atoms with van der Waals surface area (Å²) in [5.41, 5.74) is 2.66. The van der Waals surface area contributed by atoms with Crippen LogP contribution in [0.3, 0.4) is 0 Å². The van der Waals surface area contributed by atoms with Gasteiger partial charge in [0.15, 0.2) is 0 Å². The van der Waals surface area contributed by atoms with Crippen molar-refractivity contribution in [1.29, 1.82) is 0 Å². The van der Waals surface area contributed by atoms with Crippen LogP contribution in [0.1, 0.15) is 29.0 Å². The van der Waals surface area contributed by atoms with E-state index in [1.165, 1.54) is 26.8 Å². The Kier molecular flexibility index (Phi) is 3.81. The van der Waals surface area contributed by atoms with Crippen LogP contribution in [0.2, 0.25) is 0 Å². The van der Waals surface area contributed by atoms with Gasteiger partial charge in [-0.1, -0.05) is 25.1 Å². The molecule has 0 radical (unpaired) electrons. The molecule has 1 N–H and O–H groups in total. The number of nitrogens with one attached hydrogen (secondary N) is 1. The van der Waals surface area contributed by atoms with Crippen molar-refractivity contribution < 1.29 is 0 Å². The fourth-order valence-electron chi connectivity index (χ4n) is 2.62. The second-order valence-electron chi connectivity index (χ2n) is 4.90. The van der Waals surface area contributed by atoms with Crippen LogP contribution in [0.5, 0.6) is 0 Å². The Morgan fingerprint density at radius 1 is 1.25 bits per heavy atom. The number of benzene rings is 1. The quantitative estimate of drug-likeness (QED) is 0.771. The summed E-state index contributed by atoms with van der Waals surface area (Å²) in [6, 6.07) is 11.0. The topological polar surface area (TPSA) is 24.9 Å². The summed E-state index contributed by atoms with van der Waals surface area (Å²) in [4.78, 5) is 5.69. The lowest BCUT2D eigenvalue weighted by molar-refractivity contribution is 0.641. The maximum absolute atomic E-state index is 4.30. The molecule has 3 rings (SSSR count). The molecule has 0 fully saturated rings. The smallest absolute Gasteiger partial charge is 0.0680 e. The average molecular weight is 282 g/mol. The lowest BCUT2D eigenvalue weighted by Gasteiger charge is -2.20. The van der Waals surface area contributed by atoms with E-state index in [0.717, 1.165) is 6.54 Å². The summed E-state index contributed by atoms with van der Waals surface area (Å²) in [6.45, 7) is 5.28. The van der Waals surface area contributed by atoms with E-state index >= 15 is 0 Å². The minimum Gasteiger partial charge on any atom is -0.306 e. The second-order valence-corrected chi connectivity index (χ2v) is 5.85. The molecule has 0 saturated carbocycles. The van der Waals surface area contributed by atoms with E-state index in [1.807, 2.05) is 23.7 Å². The lowest BCUT2D eigenvalue weighted by Crippen LogP contribution is -2.22. The largest absolute Gasteiger partial charge is 0.306 e. The van der Waals surface area contributed by atoms with E-state index < -0.39 is 0 Å². The zero-order chi connectivity index (χ0) is 13.9. The van der Waals surface area contributed by atoms with Gasteiger partial charge in [0.25, 0.3) is 0 Å². The molecular formula is C17H18N2S. The third-order valence-electron chi connectivity index (χ3n) is 3.60. The number of fused-ring (bicyclic) bond motifs is 1. The maximum atomic E-state index is 4.30. The Balaban J connectivity index is 2.17. The van der Waals surface area contributed by atoms with Crippen molar-refractivity contribution in [3.8, 4) is 0 Å². The van der Waals surface area contributed by atoms with Crippen LogP contribution < -0.4 is 5.32 Å². The van der Waals surface area contributed by atoms with Crippen molar-refractivity contribution in [3.63, 3.8) is 0 Å². The molecule has 1 atom stereocenters. The van der Waals surface area contributed by atoms with Gasteiger partial charge in [-0.3, -0.25) is 4.98 Å². The molecule has 0 amide bonds. The summed E-state index contributed by atoms with van der Waals surface area (Å²) >= 11 is 1.82. The van der Waals surface area contributed by atoms with Crippen molar-refractivity contribution in [2.45, 2.75) is 19.9 Å². The highest BCUT2D eigenvalue weighted by atomic mass is 32.1. The molecule has 102 valence electrons. The molecule has 0 aliphatic carbocycles. The molecule has 0 bridgehead atoms. The van der Waals surface area contributed by atoms with Crippen molar-refractivity contribution >= 4 is 22.1 Å². The van der Waals surface area contributed by atoms with Gasteiger partial charge in [0, 0.05) is 22.7 Å². The Hall–Kier alpha value is -1.71. The van der Waals surface area contributed by atoms with Gasteiger partial charge in [-0.15, -0.1) is 11.3 Å². The summed E-state index contributed by atoms with van der Waals surface area (Å²) < 4.78 is 0. The zero-order valence-corrected chi connectivity index (χ0v) is 12.6. The Morgan fingerprint density at radius 3 is 2.90 bits per heavy atom. The molecule has 0 aliphatic rings. The van der Waals surface area contributed by atoms with Crippen molar-refractivity contribution in [2.24, 2.45) is 0 Å². The van der Waals surface area contributed by atoms with Crippen LogP contribution in [0.4, 0.5) is 0 Å². The highest BCUT2D eigenvalue weighted by Crippen LogP contribution is 2.33. The Labute approximate surface area is 123 Å². The number of pyridine rings is 1. The number of aromatic nitrogens is 1. The zero-order valence-electron chi connectivity index (χ0n) is 11.8. The van der Waals surface area contributed by atoms with Gasteiger partial charge in [-0.2, -0.15) is 0 Å². The van der Waals surface area contributed by atoms with Crippen LogP contribution >= 0.6 is 11.3 Å². The fraction of sp³-hybridized carbons (Fsp3) is 0.235. The van der Waals surface area contributed by atoms with Gasteiger partial charge in [0.05, 0.1) is 6.04 Å². The minimum absolute atomic E-state index is 0.243. The number of hydrogen-bond acceptors (Lipinski definition) is 3. The molecule has 20 heavy (non-hydrogen) atoms. The molecule has 3 heteroatoms. The van der Waals surface area contributed by atoms with Gasteiger partial charge >= 0.3 is 0 Å². The first kappa shape index (κ1) is 13.3. The van der Waals surface area contributed by atoms with Crippen molar-refractivity contribution in [2.75, 3.05) is 6.54 Å². The van der Waals surface area contributed by atoms with Crippen LogP contribution in [0.15, 0.2) is 48.1 Å². The Morgan fingerprint density at radius 2 is 2.15 bits per heavy atom. The van der Waals surface area contributed by atoms with E-state index in [1.54, 1.807) is 0 Å². The van der Waals surface area contributed by atoms with E-state index in [4.69, 9.17) is 0 Å². The lowest BCUT2D eigenvalue weighted by atomic mass is 9.97. The molecule has 2 nitrogen and oxygen atoms in total. The first-order chi connectivity index (χ1) is 9.81. The van der Waals surface area contributed by atoms with Crippen LogP contribution in [-0.2, 0) is 0 Å². The van der Waals surface area contributed by atoms with Gasteiger partial charge in [0.2, 0.25) is 0 Å². The number of rotatable bonds is 4. The molecular weight excluding hydrogens is 264 g/mol. The highest BCUT2D eigenvalue weighted by molar-refractivity contribution is 7.10. The van der Waals surface area contributed by atoms with Gasteiger partial charge in [0.1, 0.15) is 0 Å². The minimum atomic E-state index is 0.243. The van der Waals surface area contributed by atoms with Crippen LogP contribution in [0.25, 0.3) is 10.8 Å². The van der Waals surface area contributed by atoms with Crippen molar-refractivity contribution in [1.82, 2.24) is 10.3 Å². The summed E-state index contributed by atoms with van der Waals surface area (Å²) in [6.07, 6.45) is 3.82. The molecule has 1 aromatic carbocycles. The predicted octanol–water partition coefficient (Wildman–Crippen LogP) is 4.30. The molecule has 3 aromatic rings. The summed E-state index contributed by atoms with van der Waals surface area (Å²) in [5.74, 6) is 0. The van der Waals surface area contributed by atoms with Gasteiger partial charge in [-0.05, 0) is 47.5 Å². The van der Waals surface area contributed by atoms with E-state index in [9.17, 15) is 0 Å². The van der Waals surface area contributed by atoms with E-state index in [2.05, 4.69) is 59.9 Å². The predicted molar refractivity (Wildman–Crippen MR) is 86.3 cm³/mol. The standard InChI is InChI=1S/C17H18N2S/c1-3-19-16(17-12(2)8-10-20-17)14-6-4-5-13-7-9-18-11-15(13)14/h4-11,16,19H,3H2,1-2H3. The average Bonchev–Trinajstić information content (AvgIpc) is 2.90. The van der Waals surface area contributed by atoms with E-state index in [-0.39, 0.29) is 6.04 Å². The Bertz CT molecular complexity index is 712. The molecule has 0 spiro atoms. The third kappa shape index (κ3) is 2.35. The van der Waals surface area contributed by atoms with Crippen LogP contribution in [-0.4, -0.2) is 11.5 Å². The molecule has 2 heterocycles. The number of aryl methyl sites for hydroxylation is 1. The summed E-state index contributed by atoms with van der Waals surface area (Å²) in [7, 11) is 0. The number of nitrogens with zero attached hydrogens (tertiary/aromatic N) is 1. The third-order valence-corrected chi connectivity index (χ3v) is 4.68. The maximum Gasteiger partial charge on any atom is 0.0680 e. The van der Waals surface area contributed by atoms with E-state index in [0.29, 0.717) is 0 Å². The summed E-state index contributed by atoms with van der Waals surface area (Å²) in [5, 5.41) is 8.26. The first-order valence-corrected chi connectivity index (χ1v) is 7.79. The van der Waals surface area contributed by atoms with Crippen molar-refractivity contribution in [3.05, 3.63) is 64.1 Å². The van der Waals surface area contributed by atoms with Gasteiger partial charge < -0.3 is 5.32 Å². The highest BCUT2D eigenvalue weighted by Gasteiger charge is 2.18. The number of thiophene rings is 1. The first-order valence-electron chi connectivity index (χ1n) is 6.91.